The standard InChI is InChI=1S/C48H42N4Si2/c1-53(2,3)45-21-13-11-19-43(45)51(39-17-9-7-15-35(39)31-49)41-29-25-33-24-28-38-42(30-26-34-23-27-37(41)47(33)48(34)38)52(40-18-10-8-16-36(40)32-50)44-20-12-14-22-46(44)54(4,5)6/h7-30H,1-6H3. The predicted octanol–water partition coefficient (Wildman–Crippen LogP) is 12.4. The Morgan fingerprint density at radius 1 is 0.370 bits per heavy atom. The van der Waals surface area contributed by atoms with Crippen molar-refractivity contribution in [1.29, 1.82) is 10.5 Å². The molecule has 0 fully saturated rings. The molecular weight excluding hydrogens is 689 g/mol. The minimum absolute atomic E-state index is 0.628. The fraction of sp³-hybridized carbons (Fsp3) is 0.125. The van der Waals surface area contributed by atoms with Crippen molar-refractivity contribution in [2.45, 2.75) is 39.3 Å². The number of anilines is 6. The van der Waals surface area contributed by atoms with Crippen molar-refractivity contribution in [2.75, 3.05) is 9.80 Å². The van der Waals surface area contributed by atoms with Gasteiger partial charge in [-0.2, -0.15) is 10.5 Å². The van der Waals surface area contributed by atoms with Gasteiger partial charge in [-0.05, 0) is 80.4 Å². The molecule has 8 aromatic carbocycles. The van der Waals surface area contributed by atoms with Crippen molar-refractivity contribution < 1.29 is 0 Å². The molecular formula is C48H42N4Si2. The number of hydrogen-bond acceptors (Lipinski definition) is 4. The number of benzene rings is 8. The zero-order chi connectivity index (χ0) is 37.8. The van der Waals surface area contributed by atoms with E-state index in [1.54, 1.807) is 0 Å². The highest BCUT2D eigenvalue weighted by Crippen LogP contribution is 2.48. The lowest BCUT2D eigenvalue weighted by atomic mass is 9.91. The topological polar surface area (TPSA) is 54.1 Å². The summed E-state index contributed by atoms with van der Waals surface area (Å²) in [7, 11) is -3.65. The molecule has 0 aromatic heterocycles. The molecule has 0 bridgehead atoms. The van der Waals surface area contributed by atoms with E-state index in [1.165, 1.54) is 21.1 Å². The molecule has 0 atom stereocenters. The Morgan fingerprint density at radius 3 is 1.07 bits per heavy atom. The van der Waals surface area contributed by atoms with Crippen molar-refractivity contribution in [3.63, 3.8) is 0 Å². The van der Waals surface area contributed by atoms with Crippen LogP contribution in [0.3, 0.4) is 0 Å². The van der Waals surface area contributed by atoms with Gasteiger partial charge in [-0.1, -0.05) is 136 Å². The van der Waals surface area contributed by atoms with Crippen molar-refractivity contribution >= 4 is 93.0 Å². The molecule has 0 unspecified atom stereocenters. The van der Waals surface area contributed by atoms with Crippen molar-refractivity contribution in [3.8, 4) is 12.1 Å². The van der Waals surface area contributed by atoms with Gasteiger partial charge in [0.15, 0.2) is 0 Å². The molecule has 0 N–H and O–H groups in total. The Morgan fingerprint density at radius 2 is 0.704 bits per heavy atom. The van der Waals surface area contributed by atoms with Crippen LogP contribution >= 0.6 is 0 Å². The Hall–Kier alpha value is -6.19. The minimum Gasteiger partial charge on any atom is -0.309 e. The first-order valence-corrected chi connectivity index (χ1v) is 25.5. The second-order valence-electron chi connectivity index (χ2n) is 16.1. The van der Waals surface area contributed by atoms with Gasteiger partial charge < -0.3 is 9.80 Å². The van der Waals surface area contributed by atoms with Crippen LogP contribution in [0.2, 0.25) is 39.3 Å². The molecule has 0 saturated heterocycles. The van der Waals surface area contributed by atoms with Gasteiger partial charge in [0.05, 0.1) is 50.0 Å². The first-order chi connectivity index (χ1) is 26.0. The molecule has 54 heavy (non-hydrogen) atoms. The van der Waals surface area contributed by atoms with E-state index in [9.17, 15) is 10.5 Å². The van der Waals surface area contributed by atoms with Crippen molar-refractivity contribution in [2.24, 2.45) is 0 Å². The molecule has 0 amide bonds. The van der Waals surface area contributed by atoms with Gasteiger partial charge in [-0.25, -0.2) is 0 Å². The van der Waals surface area contributed by atoms with Gasteiger partial charge in [-0.15, -0.1) is 0 Å². The lowest BCUT2D eigenvalue weighted by Crippen LogP contribution is -2.40. The molecule has 0 aliphatic rings. The van der Waals surface area contributed by atoms with E-state index in [1.807, 2.05) is 36.4 Å². The van der Waals surface area contributed by atoms with E-state index in [0.29, 0.717) is 11.1 Å². The summed E-state index contributed by atoms with van der Waals surface area (Å²) in [6.07, 6.45) is 0. The van der Waals surface area contributed by atoms with Crippen molar-refractivity contribution in [3.05, 3.63) is 157 Å². The highest BCUT2D eigenvalue weighted by Gasteiger charge is 2.29. The molecule has 0 aliphatic carbocycles. The van der Waals surface area contributed by atoms with Crippen LogP contribution in [-0.4, -0.2) is 16.1 Å². The average molecular weight is 731 g/mol. The molecule has 0 radical (unpaired) electrons. The van der Waals surface area contributed by atoms with Gasteiger partial charge in [0, 0.05) is 22.1 Å². The predicted molar refractivity (Wildman–Crippen MR) is 235 cm³/mol. The van der Waals surface area contributed by atoms with Crippen LogP contribution in [-0.2, 0) is 0 Å². The fourth-order valence-electron chi connectivity index (χ4n) is 8.07. The summed E-state index contributed by atoms with van der Waals surface area (Å²) in [5, 5.41) is 30.4. The molecule has 0 saturated carbocycles. The maximum absolute atomic E-state index is 10.4. The summed E-state index contributed by atoms with van der Waals surface area (Å²) < 4.78 is 0. The van der Waals surface area contributed by atoms with Crippen molar-refractivity contribution in [1.82, 2.24) is 0 Å². The maximum atomic E-state index is 10.4. The second kappa shape index (κ2) is 13.3. The first kappa shape index (κ1) is 34.9. The average Bonchev–Trinajstić information content (AvgIpc) is 3.18. The molecule has 0 spiro atoms. The maximum Gasteiger partial charge on any atom is 0.101 e. The molecule has 6 heteroatoms. The largest absolute Gasteiger partial charge is 0.309 e. The highest BCUT2D eigenvalue weighted by molar-refractivity contribution is 6.90. The molecule has 0 heterocycles. The fourth-order valence-corrected chi connectivity index (χ4v) is 11.2. The molecule has 8 aromatic rings. The lowest BCUT2D eigenvalue weighted by Gasteiger charge is -2.33. The smallest absolute Gasteiger partial charge is 0.101 e. The molecule has 262 valence electrons. The number of rotatable bonds is 8. The Kier molecular flexibility index (Phi) is 8.62. The lowest BCUT2D eigenvalue weighted by molar-refractivity contribution is 1.29. The van der Waals surface area contributed by atoms with E-state index >= 15 is 0 Å². The number of hydrogen-bond donors (Lipinski definition) is 0. The zero-order valence-electron chi connectivity index (χ0n) is 31.6. The Labute approximate surface area is 320 Å². The van der Waals surface area contributed by atoms with Crippen LogP contribution in [0.15, 0.2) is 146 Å². The summed E-state index contributed by atoms with van der Waals surface area (Å²) >= 11 is 0. The summed E-state index contributed by atoms with van der Waals surface area (Å²) in [5.41, 5.74) is 7.27. The third-order valence-electron chi connectivity index (χ3n) is 10.5. The monoisotopic (exact) mass is 730 g/mol. The van der Waals surface area contributed by atoms with Crippen LogP contribution in [0.25, 0.3) is 32.3 Å². The van der Waals surface area contributed by atoms with E-state index in [-0.39, 0.29) is 0 Å². The summed E-state index contributed by atoms with van der Waals surface area (Å²) in [6, 6.07) is 56.1. The highest BCUT2D eigenvalue weighted by atomic mass is 28.3. The number of nitriles is 2. The van der Waals surface area contributed by atoms with E-state index in [2.05, 4.69) is 170 Å². The van der Waals surface area contributed by atoms with Gasteiger partial charge in [0.1, 0.15) is 12.1 Å². The second-order valence-corrected chi connectivity index (χ2v) is 26.1. The first-order valence-electron chi connectivity index (χ1n) is 18.5. The van der Waals surface area contributed by atoms with Crippen LogP contribution < -0.4 is 20.2 Å². The van der Waals surface area contributed by atoms with Crippen LogP contribution in [0.5, 0.6) is 0 Å². The van der Waals surface area contributed by atoms with Gasteiger partial charge in [-0.3, -0.25) is 0 Å². The molecule has 0 aliphatic heterocycles. The van der Waals surface area contributed by atoms with E-state index < -0.39 is 16.1 Å². The third-order valence-corrected chi connectivity index (χ3v) is 14.6. The summed E-state index contributed by atoms with van der Waals surface area (Å²) in [5.74, 6) is 0. The summed E-state index contributed by atoms with van der Waals surface area (Å²) in [4.78, 5) is 4.64. The molecule has 8 rings (SSSR count). The van der Waals surface area contributed by atoms with E-state index in [4.69, 9.17) is 0 Å². The SMILES string of the molecule is C[Si](C)(C)c1ccccc1N(c1ccccc1C#N)c1ccc2ccc3c(N(c4ccccc4C#N)c4ccccc4[Si](C)(C)C)ccc4ccc1c2c43. The van der Waals surface area contributed by atoms with E-state index in [0.717, 1.165) is 55.7 Å². The normalized spacial score (nSPS) is 11.9. The quantitative estimate of drug-likeness (QED) is 0.115. The Bertz CT molecular complexity index is 2600. The number of nitrogens with zero attached hydrogens (tertiary/aromatic N) is 4. The zero-order valence-corrected chi connectivity index (χ0v) is 33.6. The van der Waals surface area contributed by atoms with Crippen LogP contribution in [0.1, 0.15) is 11.1 Å². The van der Waals surface area contributed by atoms with Crippen LogP contribution in [0.4, 0.5) is 34.1 Å². The third kappa shape index (κ3) is 5.81. The number of para-hydroxylation sites is 4. The van der Waals surface area contributed by atoms with Gasteiger partial charge >= 0.3 is 0 Å². The Balaban J connectivity index is 1.47. The van der Waals surface area contributed by atoms with Gasteiger partial charge in [0.2, 0.25) is 0 Å². The van der Waals surface area contributed by atoms with Crippen LogP contribution in [0, 0.1) is 22.7 Å². The summed E-state index contributed by atoms with van der Waals surface area (Å²) in [6.45, 7) is 14.3. The molecule has 4 nitrogen and oxygen atoms in total. The van der Waals surface area contributed by atoms with Gasteiger partial charge in [0.25, 0.3) is 0 Å². The minimum atomic E-state index is -1.83.